The van der Waals surface area contributed by atoms with E-state index in [1.54, 1.807) is 6.08 Å². The molecule has 0 aliphatic rings. The number of allylic oxidation sites excluding steroid dienone is 7. The number of nitrogens with zero attached hydrogens (tertiary/aromatic N) is 3. The smallest absolute Gasteiger partial charge is 0.160 e. The molecule has 0 saturated carbocycles. The molecule has 0 aliphatic heterocycles. The van der Waals surface area contributed by atoms with Gasteiger partial charge in [0.1, 0.15) is 0 Å². The van der Waals surface area contributed by atoms with Gasteiger partial charge in [0.25, 0.3) is 0 Å². The Morgan fingerprint density at radius 1 is 0.586 bits per heavy atom. The molecule has 0 bridgehead atoms. The minimum Gasteiger partial charge on any atom is -0.398 e. The average molecular weight is 765 g/mol. The molecule has 0 spiro atoms. The molecule has 5 aromatic carbocycles. The van der Waals surface area contributed by atoms with Crippen LogP contribution in [0.1, 0.15) is 88.8 Å². The van der Waals surface area contributed by atoms with Gasteiger partial charge >= 0.3 is 0 Å². The number of hydrogen-bond acceptors (Lipinski definition) is 3. The highest BCUT2D eigenvalue weighted by Gasteiger charge is 2.14. The lowest BCUT2D eigenvalue weighted by molar-refractivity contribution is 1.22. The number of benzene rings is 5. The Labute approximate surface area is 348 Å². The van der Waals surface area contributed by atoms with Gasteiger partial charge in [0.05, 0.1) is 17.1 Å². The summed E-state index contributed by atoms with van der Waals surface area (Å²) in [4.78, 5) is 15.1. The standard InChI is InChI=1S/C48H46N4.C4H8.C2H6/c1-9-10-20-45(32(2)3)46(49)34(5)47(41-17-12-11-13-18-41)50-35(6)38-25-27-39(28-26-38)36(7)51-48(42-23-21-33(4)22-24-42)52-37(8)43-30-29-40-16-14-15-19-44(40)31-43;1-3-4-2;1-2/h9-31H,1,6,8,49H2,2-5,7H3;3-4H,1-2H3;1-2H3/b20-10-,46-34-,50-47?,51-36?,52-48?;4-3-;. The SMILES string of the molecule is C/C=C\C.C=C/C=C\C(=C(C)C)/C(N)=C(\C)C(=NC(=C)c1ccc(C(C)=NC(=NC(=C)c2ccc3ccccc3c2)c2ccc(C)cc2)cc1)c1ccccc1.CC. The van der Waals surface area contributed by atoms with Crippen LogP contribution in [0.2, 0.25) is 0 Å². The third kappa shape index (κ3) is 13.0. The molecule has 0 atom stereocenters. The zero-order valence-electron chi connectivity index (χ0n) is 36.0. The largest absolute Gasteiger partial charge is 0.398 e. The normalized spacial score (nSPS) is 12.3. The summed E-state index contributed by atoms with van der Waals surface area (Å²) in [6, 6.07) is 41.0. The van der Waals surface area contributed by atoms with Gasteiger partial charge in [0, 0.05) is 28.1 Å². The van der Waals surface area contributed by atoms with Crippen LogP contribution in [0.3, 0.4) is 0 Å². The molecule has 2 N–H and O–H groups in total. The van der Waals surface area contributed by atoms with Gasteiger partial charge in [0.2, 0.25) is 0 Å². The van der Waals surface area contributed by atoms with E-state index < -0.39 is 0 Å². The molecule has 5 aromatic rings. The van der Waals surface area contributed by atoms with Crippen molar-refractivity contribution in [1.29, 1.82) is 0 Å². The van der Waals surface area contributed by atoms with Crippen molar-refractivity contribution in [2.75, 3.05) is 0 Å². The second kappa shape index (κ2) is 23.4. The lowest BCUT2D eigenvalue weighted by atomic mass is 9.96. The van der Waals surface area contributed by atoms with E-state index in [2.05, 4.69) is 69.1 Å². The van der Waals surface area contributed by atoms with E-state index in [-0.39, 0.29) is 0 Å². The van der Waals surface area contributed by atoms with Crippen molar-refractivity contribution in [3.05, 3.63) is 227 Å². The fourth-order valence-electron chi connectivity index (χ4n) is 5.73. The van der Waals surface area contributed by atoms with Crippen molar-refractivity contribution in [2.24, 2.45) is 20.7 Å². The first kappa shape index (κ1) is 45.7. The van der Waals surface area contributed by atoms with E-state index in [1.807, 2.05) is 159 Å². The van der Waals surface area contributed by atoms with E-state index >= 15 is 0 Å². The molecule has 58 heavy (non-hydrogen) atoms. The highest BCUT2D eigenvalue weighted by molar-refractivity contribution is 6.15. The van der Waals surface area contributed by atoms with Crippen molar-refractivity contribution in [3.8, 4) is 0 Å². The Bertz CT molecular complexity index is 2390. The molecule has 0 unspecified atom stereocenters. The van der Waals surface area contributed by atoms with Gasteiger partial charge in [-0.1, -0.05) is 190 Å². The number of fused-ring (bicyclic) bond motifs is 1. The molecule has 4 nitrogen and oxygen atoms in total. The summed E-state index contributed by atoms with van der Waals surface area (Å²) in [6.07, 6.45) is 9.62. The Kier molecular flexibility index (Phi) is 18.5. The first-order valence-corrected chi connectivity index (χ1v) is 19.8. The first-order valence-electron chi connectivity index (χ1n) is 19.8. The molecule has 0 heterocycles. The topological polar surface area (TPSA) is 63.1 Å². The molecule has 0 aromatic heterocycles. The van der Waals surface area contributed by atoms with Crippen LogP contribution in [0.5, 0.6) is 0 Å². The second-order valence-electron chi connectivity index (χ2n) is 13.6. The predicted octanol–water partition coefficient (Wildman–Crippen LogP) is 14.5. The summed E-state index contributed by atoms with van der Waals surface area (Å²) in [5.74, 6) is 0.597. The fraction of sp³-hybridized carbons (Fsp3) is 0.167. The number of amidine groups is 1. The van der Waals surface area contributed by atoms with Crippen molar-refractivity contribution in [2.45, 2.75) is 62.3 Å². The lowest BCUT2D eigenvalue weighted by Crippen LogP contribution is -2.13. The van der Waals surface area contributed by atoms with Crippen LogP contribution in [0, 0.1) is 6.92 Å². The molecule has 296 valence electrons. The van der Waals surface area contributed by atoms with Crippen LogP contribution in [0.15, 0.2) is 209 Å². The van der Waals surface area contributed by atoms with E-state index in [0.717, 1.165) is 61.3 Å². The van der Waals surface area contributed by atoms with E-state index in [1.165, 1.54) is 10.9 Å². The molecule has 0 saturated heterocycles. The van der Waals surface area contributed by atoms with Crippen LogP contribution < -0.4 is 5.73 Å². The first-order chi connectivity index (χ1) is 28.0. The summed E-state index contributed by atoms with van der Waals surface area (Å²) < 4.78 is 0. The summed E-state index contributed by atoms with van der Waals surface area (Å²) in [7, 11) is 0. The van der Waals surface area contributed by atoms with Gasteiger partial charge in [-0.05, 0) is 87.6 Å². The van der Waals surface area contributed by atoms with Crippen LogP contribution >= 0.6 is 0 Å². The van der Waals surface area contributed by atoms with Crippen molar-refractivity contribution in [1.82, 2.24) is 0 Å². The van der Waals surface area contributed by atoms with Crippen molar-refractivity contribution >= 4 is 39.4 Å². The molecular weight excluding hydrogens is 705 g/mol. The van der Waals surface area contributed by atoms with E-state index in [4.69, 9.17) is 20.7 Å². The Balaban J connectivity index is 0.00000141. The van der Waals surface area contributed by atoms with Gasteiger partial charge in [-0.25, -0.2) is 15.0 Å². The number of hydrogen-bond donors (Lipinski definition) is 1. The molecule has 0 radical (unpaired) electrons. The summed E-state index contributed by atoms with van der Waals surface area (Å²) >= 11 is 0. The third-order valence-electron chi connectivity index (χ3n) is 9.16. The molecular formula is C54H60N4. The fourth-order valence-corrected chi connectivity index (χ4v) is 5.73. The number of aryl methyl sites for hydroxylation is 1. The maximum Gasteiger partial charge on any atom is 0.160 e. The summed E-state index contributed by atoms with van der Waals surface area (Å²) in [5, 5.41) is 2.32. The summed E-state index contributed by atoms with van der Waals surface area (Å²) in [6.45, 7) is 30.7. The van der Waals surface area contributed by atoms with Crippen LogP contribution in [-0.4, -0.2) is 17.3 Å². The highest BCUT2D eigenvalue weighted by atomic mass is 14.9. The van der Waals surface area contributed by atoms with Gasteiger partial charge in [-0.15, -0.1) is 0 Å². The van der Waals surface area contributed by atoms with E-state index in [0.29, 0.717) is 22.9 Å². The van der Waals surface area contributed by atoms with E-state index in [9.17, 15) is 0 Å². The molecule has 0 amide bonds. The van der Waals surface area contributed by atoms with Crippen molar-refractivity contribution < 1.29 is 0 Å². The lowest BCUT2D eigenvalue weighted by Gasteiger charge is -2.15. The third-order valence-corrected chi connectivity index (χ3v) is 9.16. The average Bonchev–Trinajstić information content (AvgIpc) is 3.26. The monoisotopic (exact) mass is 764 g/mol. The number of rotatable bonds is 11. The predicted molar refractivity (Wildman–Crippen MR) is 258 cm³/mol. The van der Waals surface area contributed by atoms with Crippen LogP contribution in [0.4, 0.5) is 0 Å². The minimum absolute atomic E-state index is 0.597. The Hall–Kier alpha value is -6.65. The summed E-state index contributed by atoms with van der Waals surface area (Å²) in [5.41, 5.74) is 19.1. The van der Waals surface area contributed by atoms with Gasteiger partial charge < -0.3 is 5.73 Å². The maximum absolute atomic E-state index is 6.78. The molecule has 0 aliphatic carbocycles. The van der Waals surface area contributed by atoms with Gasteiger partial charge in [0.15, 0.2) is 5.84 Å². The highest BCUT2D eigenvalue weighted by Crippen LogP contribution is 2.25. The zero-order chi connectivity index (χ0) is 42.6. The van der Waals surface area contributed by atoms with Crippen molar-refractivity contribution in [3.63, 3.8) is 0 Å². The quantitative estimate of drug-likeness (QED) is 0.0619. The maximum atomic E-state index is 6.78. The zero-order valence-corrected chi connectivity index (χ0v) is 36.0. The second-order valence-corrected chi connectivity index (χ2v) is 13.6. The minimum atomic E-state index is 0.597. The number of aliphatic imine (C=N–C) groups is 3. The van der Waals surface area contributed by atoms with Crippen LogP contribution in [-0.2, 0) is 0 Å². The van der Waals surface area contributed by atoms with Gasteiger partial charge in [-0.2, -0.15) is 0 Å². The molecule has 5 rings (SSSR count). The molecule has 0 fully saturated rings. The van der Waals surface area contributed by atoms with Gasteiger partial charge in [-0.3, -0.25) is 0 Å². The van der Waals surface area contributed by atoms with Crippen LogP contribution in [0.25, 0.3) is 22.2 Å². The Morgan fingerprint density at radius 2 is 1.12 bits per heavy atom. The molecule has 4 heteroatoms. The Morgan fingerprint density at radius 3 is 1.71 bits per heavy atom. The number of nitrogens with two attached hydrogens (primary N) is 1.